The molecular formula is C12H21N3O2. The van der Waals surface area contributed by atoms with Gasteiger partial charge in [0.05, 0.1) is 0 Å². The van der Waals surface area contributed by atoms with E-state index in [0.29, 0.717) is 25.3 Å². The lowest BCUT2D eigenvalue weighted by Gasteiger charge is -2.22. The summed E-state index contributed by atoms with van der Waals surface area (Å²) in [5.74, 6) is 0.683. The van der Waals surface area contributed by atoms with Crippen molar-refractivity contribution in [2.45, 2.75) is 38.1 Å². The van der Waals surface area contributed by atoms with Crippen LogP contribution in [0.3, 0.4) is 0 Å². The maximum absolute atomic E-state index is 11.7. The predicted molar refractivity (Wildman–Crippen MR) is 64.4 cm³/mol. The van der Waals surface area contributed by atoms with Crippen LogP contribution in [-0.4, -0.2) is 37.5 Å². The minimum atomic E-state index is 0.0979. The first-order chi connectivity index (χ1) is 8.24. The van der Waals surface area contributed by atoms with Crippen LogP contribution in [0.15, 0.2) is 0 Å². The Morgan fingerprint density at radius 3 is 2.94 bits per heavy atom. The lowest BCUT2D eigenvalue weighted by Crippen LogP contribution is -2.40. The largest absolute Gasteiger partial charge is 0.354 e. The lowest BCUT2D eigenvalue weighted by molar-refractivity contribution is -0.123. The number of hydrogen-bond donors (Lipinski definition) is 3. The van der Waals surface area contributed by atoms with Crippen LogP contribution < -0.4 is 16.0 Å². The van der Waals surface area contributed by atoms with Crippen LogP contribution in [-0.2, 0) is 9.59 Å². The average molecular weight is 239 g/mol. The minimum absolute atomic E-state index is 0.0979. The van der Waals surface area contributed by atoms with Crippen molar-refractivity contribution in [3.63, 3.8) is 0 Å². The molecule has 0 aliphatic carbocycles. The van der Waals surface area contributed by atoms with Crippen LogP contribution in [0, 0.1) is 5.92 Å². The third kappa shape index (κ3) is 4.00. The highest BCUT2D eigenvalue weighted by atomic mass is 16.2. The summed E-state index contributed by atoms with van der Waals surface area (Å²) in [5.41, 5.74) is 0. The van der Waals surface area contributed by atoms with Gasteiger partial charge in [0.25, 0.3) is 0 Å². The second-order valence-corrected chi connectivity index (χ2v) is 5.02. The highest BCUT2D eigenvalue weighted by Gasteiger charge is 2.22. The van der Waals surface area contributed by atoms with Crippen LogP contribution >= 0.6 is 0 Å². The van der Waals surface area contributed by atoms with Gasteiger partial charge in [-0.1, -0.05) is 0 Å². The summed E-state index contributed by atoms with van der Waals surface area (Å²) in [7, 11) is 0. The molecular weight excluding hydrogens is 218 g/mol. The normalized spacial score (nSPS) is 28.8. The summed E-state index contributed by atoms with van der Waals surface area (Å²) in [6.07, 6.45) is 4.34. The van der Waals surface area contributed by atoms with Crippen molar-refractivity contribution in [2.24, 2.45) is 5.92 Å². The third-order valence-electron chi connectivity index (χ3n) is 3.50. The summed E-state index contributed by atoms with van der Waals surface area (Å²) < 4.78 is 0. The Morgan fingerprint density at radius 1 is 1.41 bits per heavy atom. The molecule has 2 amide bonds. The van der Waals surface area contributed by atoms with E-state index in [2.05, 4.69) is 16.0 Å². The van der Waals surface area contributed by atoms with Crippen LogP contribution in [0.25, 0.3) is 0 Å². The van der Waals surface area contributed by atoms with Gasteiger partial charge in [-0.15, -0.1) is 0 Å². The van der Waals surface area contributed by atoms with Crippen molar-refractivity contribution < 1.29 is 9.59 Å². The third-order valence-corrected chi connectivity index (χ3v) is 3.50. The highest BCUT2D eigenvalue weighted by Crippen LogP contribution is 2.13. The van der Waals surface area contributed by atoms with Crippen LogP contribution in [0.4, 0.5) is 0 Å². The fourth-order valence-corrected chi connectivity index (χ4v) is 2.50. The molecule has 2 atom stereocenters. The second kappa shape index (κ2) is 6.00. The molecule has 2 aliphatic rings. The predicted octanol–water partition coefficient (Wildman–Crippen LogP) is -0.229. The van der Waals surface area contributed by atoms with Crippen molar-refractivity contribution in [1.29, 1.82) is 0 Å². The molecule has 96 valence electrons. The first-order valence-electron chi connectivity index (χ1n) is 6.51. The first kappa shape index (κ1) is 12.4. The molecule has 0 bridgehead atoms. The van der Waals surface area contributed by atoms with Gasteiger partial charge in [0.15, 0.2) is 0 Å². The number of piperidine rings is 1. The van der Waals surface area contributed by atoms with Crippen LogP contribution in [0.2, 0.25) is 0 Å². The van der Waals surface area contributed by atoms with Crippen molar-refractivity contribution in [3.05, 3.63) is 0 Å². The monoisotopic (exact) mass is 239 g/mol. The number of carbonyl (C=O) groups is 2. The van der Waals surface area contributed by atoms with Crippen molar-refractivity contribution >= 4 is 11.8 Å². The first-order valence-corrected chi connectivity index (χ1v) is 6.51. The molecule has 5 nitrogen and oxygen atoms in total. The van der Waals surface area contributed by atoms with Gasteiger partial charge in [0.1, 0.15) is 0 Å². The van der Waals surface area contributed by atoms with E-state index in [0.717, 1.165) is 32.4 Å². The van der Waals surface area contributed by atoms with Gasteiger partial charge in [-0.3, -0.25) is 9.59 Å². The molecule has 0 spiro atoms. The molecule has 0 aromatic carbocycles. The van der Waals surface area contributed by atoms with Crippen LogP contribution in [0.5, 0.6) is 0 Å². The lowest BCUT2D eigenvalue weighted by atomic mass is 9.96. The van der Waals surface area contributed by atoms with Gasteiger partial charge in [-0.25, -0.2) is 0 Å². The van der Waals surface area contributed by atoms with E-state index < -0.39 is 0 Å². The van der Waals surface area contributed by atoms with E-state index in [1.54, 1.807) is 0 Å². The van der Waals surface area contributed by atoms with Gasteiger partial charge in [-0.2, -0.15) is 0 Å². The number of amides is 2. The molecule has 0 aromatic heterocycles. The maximum Gasteiger partial charge on any atom is 0.220 e. The molecule has 2 saturated heterocycles. The number of rotatable bonds is 4. The topological polar surface area (TPSA) is 70.2 Å². The molecule has 0 saturated carbocycles. The minimum Gasteiger partial charge on any atom is -0.354 e. The zero-order valence-electron chi connectivity index (χ0n) is 10.1. The second-order valence-electron chi connectivity index (χ2n) is 5.02. The molecule has 2 unspecified atom stereocenters. The van der Waals surface area contributed by atoms with E-state index in [4.69, 9.17) is 0 Å². The number of carbonyl (C=O) groups excluding carboxylic acids is 2. The molecule has 2 heterocycles. The van der Waals surface area contributed by atoms with E-state index in [-0.39, 0.29) is 17.9 Å². The molecule has 0 aromatic rings. The van der Waals surface area contributed by atoms with Gasteiger partial charge in [0.2, 0.25) is 11.8 Å². The summed E-state index contributed by atoms with van der Waals surface area (Å²) in [6, 6.07) is 0.135. The van der Waals surface area contributed by atoms with E-state index in [9.17, 15) is 9.59 Å². The highest BCUT2D eigenvalue weighted by molar-refractivity contribution is 5.79. The Kier molecular flexibility index (Phi) is 4.36. The Bertz CT molecular complexity index is 287. The van der Waals surface area contributed by atoms with E-state index in [1.807, 2.05) is 0 Å². The Hall–Kier alpha value is -1.10. The fourth-order valence-electron chi connectivity index (χ4n) is 2.50. The molecule has 0 radical (unpaired) electrons. The number of hydrogen-bond acceptors (Lipinski definition) is 3. The van der Waals surface area contributed by atoms with Gasteiger partial charge in [-0.05, 0) is 38.3 Å². The summed E-state index contributed by atoms with van der Waals surface area (Å²) in [6.45, 7) is 2.60. The molecule has 2 aliphatic heterocycles. The van der Waals surface area contributed by atoms with Crippen molar-refractivity contribution in [2.75, 3.05) is 19.6 Å². The Balaban J connectivity index is 1.61. The van der Waals surface area contributed by atoms with Gasteiger partial charge >= 0.3 is 0 Å². The van der Waals surface area contributed by atoms with Crippen LogP contribution in [0.1, 0.15) is 32.1 Å². The summed E-state index contributed by atoms with van der Waals surface area (Å²) >= 11 is 0. The van der Waals surface area contributed by atoms with Crippen molar-refractivity contribution in [3.8, 4) is 0 Å². The quantitative estimate of drug-likeness (QED) is 0.635. The molecule has 3 N–H and O–H groups in total. The Morgan fingerprint density at radius 2 is 2.29 bits per heavy atom. The van der Waals surface area contributed by atoms with E-state index in [1.165, 1.54) is 0 Å². The molecule has 2 fully saturated rings. The zero-order valence-corrected chi connectivity index (χ0v) is 10.1. The van der Waals surface area contributed by atoms with Crippen molar-refractivity contribution in [1.82, 2.24) is 16.0 Å². The fraction of sp³-hybridized carbons (Fsp3) is 0.833. The molecule has 2 rings (SSSR count). The molecule has 5 heteroatoms. The zero-order chi connectivity index (χ0) is 12.1. The smallest absolute Gasteiger partial charge is 0.220 e. The number of nitrogens with one attached hydrogen (secondary N) is 3. The van der Waals surface area contributed by atoms with Gasteiger partial charge < -0.3 is 16.0 Å². The SMILES string of the molecule is O=C(CC1CCCNC1)NCC1CCC(=O)N1. The average Bonchev–Trinajstić information content (AvgIpc) is 2.74. The standard InChI is InChI=1S/C12H21N3O2/c16-11-4-3-10(15-11)8-14-12(17)6-9-2-1-5-13-7-9/h9-10,13H,1-8H2,(H,14,17)(H,15,16). The Labute approximate surface area is 102 Å². The van der Waals surface area contributed by atoms with E-state index >= 15 is 0 Å². The summed E-state index contributed by atoms with van der Waals surface area (Å²) in [5, 5.41) is 9.06. The van der Waals surface area contributed by atoms with Gasteiger partial charge in [0, 0.05) is 25.4 Å². The maximum atomic E-state index is 11.7. The summed E-state index contributed by atoms with van der Waals surface area (Å²) in [4.78, 5) is 22.7. The molecule has 17 heavy (non-hydrogen) atoms.